The average Bonchev–Trinajstić information content (AvgIpc) is 2.85. The second-order valence-corrected chi connectivity index (χ2v) is 7.61. The van der Waals surface area contributed by atoms with E-state index in [0.717, 1.165) is 28.8 Å². The maximum Gasteiger partial charge on any atom is 0.416 e. The quantitative estimate of drug-likeness (QED) is 0.851. The highest BCUT2D eigenvalue weighted by atomic mass is 32.2. The molecule has 144 valence electrons. The number of halogens is 3. The maximum absolute atomic E-state index is 13.0. The van der Waals surface area contributed by atoms with E-state index in [-0.39, 0.29) is 17.3 Å². The van der Waals surface area contributed by atoms with E-state index in [4.69, 9.17) is 9.47 Å². The third-order valence-electron chi connectivity index (χ3n) is 3.28. The molecular formula is C16H19F3N2O4S. The SMILES string of the molecule is COc1cc(N2CSC(OC(=O)NC(C)(C)C)C2=O)cc(C(F)(F)F)c1. The lowest BCUT2D eigenvalue weighted by Gasteiger charge is -2.21. The Bertz CT molecular complexity index is 704. The highest BCUT2D eigenvalue weighted by Gasteiger charge is 2.38. The molecule has 1 aromatic rings. The molecule has 1 aliphatic heterocycles. The normalized spacial score (nSPS) is 18.0. The molecule has 10 heteroatoms. The van der Waals surface area contributed by atoms with Crippen molar-refractivity contribution in [2.75, 3.05) is 17.9 Å². The van der Waals surface area contributed by atoms with Crippen molar-refractivity contribution in [3.05, 3.63) is 23.8 Å². The summed E-state index contributed by atoms with van der Waals surface area (Å²) < 4.78 is 49.1. The molecule has 1 saturated heterocycles. The van der Waals surface area contributed by atoms with Gasteiger partial charge < -0.3 is 14.8 Å². The van der Waals surface area contributed by atoms with Crippen molar-refractivity contribution < 1.29 is 32.2 Å². The molecule has 0 saturated carbocycles. The van der Waals surface area contributed by atoms with Crippen LogP contribution in [0, 0.1) is 0 Å². The summed E-state index contributed by atoms with van der Waals surface area (Å²) in [6.45, 7) is 5.25. The summed E-state index contributed by atoms with van der Waals surface area (Å²) in [5.41, 5.74) is -2.58. The molecule has 0 aliphatic carbocycles. The average molecular weight is 392 g/mol. The van der Waals surface area contributed by atoms with Crippen LogP contribution in [-0.4, -0.2) is 36.0 Å². The predicted molar refractivity (Wildman–Crippen MR) is 91.1 cm³/mol. The number of hydrogen-bond donors (Lipinski definition) is 1. The minimum Gasteiger partial charge on any atom is -0.497 e. The van der Waals surface area contributed by atoms with E-state index in [1.807, 2.05) is 0 Å². The van der Waals surface area contributed by atoms with Crippen LogP contribution in [0.1, 0.15) is 26.3 Å². The molecule has 1 aliphatic rings. The Hall–Kier alpha value is -2.10. The van der Waals surface area contributed by atoms with E-state index in [0.29, 0.717) is 0 Å². The van der Waals surface area contributed by atoms with Crippen molar-refractivity contribution in [1.82, 2.24) is 5.32 Å². The number of methoxy groups -OCH3 is 1. The fourth-order valence-electron chi connectivity index (χ4n) is 2.14. The molecule has 1 heterocycles. The largest absolute Gasteiger partial charge is 0.497 e. The predicted octanol–water partition coefficient (Wildman–Crippen LogP) is 3.60. The van der Waals surface area contributed by atoms with Gasteiger partial charge in [-0.15, -0.1) is 0 Å². The van der Waals surface area contributed by atoms with Gasteiger partial charge in [0.1, 0.15) is 5.75 Å². The minimum absolute atomic E-state index is 0.0245. The van der Waals surface area contributed by atoms with Gasteiger partial charge in [-0.05, 0) is 32.9 Å². The first-order chi connectivity index (χ1) is 11.9. The molecule has 1 N–H and O–H groups in total. The summed E-state index contributed by atoms with van der Waals surface area (Å²) in [5.74, 6) is -0.584. The van der Waals surface area contributed by atoms with Gasteiger partial charge in [-0.2, -0.15) is 13.2 Å². The molecule has 0 bridgehead atoms. The zero-order chi connectivity index (χ0) is 19.7. The Balaban J connectivity index is 2.18. The third-order valence-corrected chi connectivity index (χ3v) is 4.29. The summed E-state index contributed by atoms with van der Waals surface area (Å²) >= 11 is 1.01. The highest BCUT2D eigenvalue weighted by Crippen LogP contribution is 2.38. The fraction of sp³-hybridized carbons (Fsp3) is 0.500. The first-order valence-electron chi connectivity index (χ1n) is 7.59. The topological polar surface area (TPSA) is 67.9 Å². The zero-order valence-electron chi connectivity index (χ0n) is 14.6. The van der Waals surface area contributed by atoms with E-state index in [1.165, 1.54) is 13.2 Å². The fourth-order valence-corrected chi connectivity index (χ4v) is 3.13. The van der Waals surface area contributed by atoms with Crippen molar-refractivity contribution in [2.24, 2.45) is 0 Å². The second kappa shape index (κ2) is 7.26. The highest BCUT2D eigenvalue weighted by molar-refractivity contribution is 8.01. The monoisotopic (exact) mass is 392 g/mol. The van der Waals surface area contributed by atoms with Gasteiger partial charge in [-0.25, -0.2) is 4.79 Å². The van der Waals surface area contributed by atoms with Gasteiger partial charge in [0, 0.05) is 17.3 Å². The molecule has 0 radical (unpaired) electrons. The molecule has 1 unspecified atom stereocenters. The number of alkyl halides is 3. The Kier molecular flexibility index (Phi) is 5.64. The Morgan fingerprint density at radius 2 is 1.92 bits per heavy atom. The second-order valence-electron chi connectivity index (χ2n) is 6.59. The molecular weight excluding hydrogens is 373 g/mol. The van der Waals surface area contributed by atoms with Crippen LogP contribution in [0.2, 0.25) is 0 Å². The lowest BCUT2D eigenvalue weighted by atomic mass is 10.1. The Labute approximate surface area is 153 Å². The number of ether oxygens (including phenoxy) is 2. The van der Waals surface area contributed by atoms with Crippen LogP contribution < -0.4 is 15.0 Å². The Morgan fingerprint density at radius 3 is 2.46 bits per heavy atom. The van der Waals surface area contributed by atoms with Crippen LogP contribution in [0.4, 0.5) is 23.7 Å². The summed E-state index contributed by atoms with van der Waals surface area (Å²) in [4.78, 5) is 25.4. The first kappa shape index (κ1) is 20.2. The van der Waals surface area contributed by atoms with Gasteiger partial charge in [0.05, 0.1) is 18.6 Å². The molecule has 1 aromatic carbocycles. The number of hydrogen-bond acceptors (Lipinski definition) is 5. The number of amides is 2. The number of rotatable bonds is 3. The van der Waals surface area contributed by atoms with Crippen molar-refractivity contribution in [2.45, 2.75) is 37.9 Å². The van der Waals surface area contributed by atoms with Crippen LogP contribution in [-0.2, 0) is 15.7 Å². The number of anilines is 1. The number of benzene rings is 1. The van der Waals surface area contributed by atoms with Crippen molar-refractivity contribution in [1.29, 1.82) is 0 Å². The molecule has 2 amide bonds. The summed E-state index contributed by atoms with van der Waals surface area (Å²) in [5, 5.41) is 2.55. The number of alkyl carbamates (subject to hydrolysis) is 1. The van der Waals surface area contributed by atoms with Crippen LogP contribution in [0.15, 0.2) is 18.2 Å². The molecule has 0 spiro atoms. The van der Waals surface area contributed by atoms with Gasteiger partial charge in [-0.3, -0.25) is 9.69 Å². The van der Waals surface area contributed by atoms with Crippen molar-refractivity contribution in [3.8, 4) is 5.75 Å². The number of nitrogens with zero attached hydrogens (tertiary/aromatic N) is 1. The van der Waals surface area contributed by atoms with Crippen molar-refractivity contribution >= 4 is 29.4 Å². The van der Waals surface area contributed by atoms with Crippen molar-refractivity contribution in [3.63, 3.8) is 0 Å². The molecule has 1 fully saturated rings. The number of nitrogens with one attached hydrogen (secondary N) is 1. The van der Waals surface area contributed by atoms with Crippen LogP contribution in [0.3, 0.4) is 0 Å². The van der Waals surface area contributed by atoms with E-state index < -0.39 is 34.7 Å². The van der Waals surface area contributed by atoms with Gasteiger partial charge in [-0.1, -0.05) is 11.8 Å². The number of carbonyl (C=O) groups excluding carboxylic acids is 2. The third kappa shape index (κ3) is 4.96. The maximum atomic E-state index is 13.0. The molecule has 2 rings (SSSR count). The number of carbonyl (C=O) groups is 2. The lowest BCUT2D eigenvalue weighted by Crippen LogP contribution is -2.43. The van der Waals surface area contributed by atoms with Gasteiger partial charge in [0.2, 0.25) is 5.44 Å². The first-order valence-corrected chi connectivity index (χ1v) is 8.63. The zero-order valence-corrected chi connectivity index (χ0v) is 15.5. The van der Waals surface area contributed by atoms with Crippen LogP contribution in [0.5, 0.6) is 5.75 Å². The lowest BCUT2D eigenvalue weighted by molar-refractivity contribution is -0.137. The standard InChI is InChI=1S/C16H19F3N2O4S/c1-15(2,3)20-14(23)25-13-12(22)21(8-26-13)10-5-9(16(17,18)19)6-11(7-10)24-4/h5-7,13H,8H2,1-4H3,(H,20,23). The van der Waals surface area contributed by atoms with E-state index in [1.54, 1.807) is 20.8 Å². The summed E-state index contributed by atoms with van der Waals surface area (Å²) in [7, 11) is 1.24. The smallest absolute Gasteiger partial charge is 0.416 e. The number of thioether (sulfide) groups is 1. The minimum atomic E-state index is -4.58. The Morgan fingerprint density at radius 1 is 1.27 bits per heavy atom. The molecule has 26 heavy (non-hydrogen) atoms. The van der Waals surface area contributed by atoms with Gasteiger partial charge in [0.25, 0.3) is 5.91 Å². The van der Waals surface area contributed by atoms with E-state index in [2.05, 4.69) is 5.32 Å². The van der Waals surface area contributed by atoms with Gasteiger partial charge in [0.15, 0.2) is 0 Å². The summed E-state index contributed by atoms with van der Waals surface area (Å²) in [6.07, 6.45) is -5.35. The summed E-state index contributed by atoms with van der Waals surface area (Å²) in [6, 6.07) is 3.03. The van der Waals surface area contributed by atoms with E-state index in [9.17, 15) is 22.8 Å². The molecule has 0 aromatic heterocycles. The van der Waals surface area contributed by atoms with E-state index >= 15 is 0 Å². The molecule has 6 nitrogen and oxygen atoms in total. The van der Waals surface area contributed by atoms with Gasteiger partial charge >= 0.3 is 12.3 Å². The molecule has 1 atom stereocenters. The van der Waals surface area contributed by atoms with Crippen LogP contribution in [0.25, 0.3) is 0 Å². The van der Waals surface area contributed by atoms with Crippen LogP contribution >= 0.6 is 11.8 Å².